The van der Waals surface area contributed by atoms with Crippen LogP contribution in [-0.2, 0) is 0 Å². The Kier molecular flexibility index (Phi) is 3.52. The van der Waals surface area contributed by atoms with Gasteiger partial charge in [0, 0.05) is 31.6 Å². The maximum atomic E-state index is 9.48. The summed E-state index contributed by atoms with van der Waals surface area (Å²) in [4.78, 5) is 9.34. The molecule has 4 nitrogen and oxygen atoms in total. The maximum absolute atomic E-state index is 9.48. The second-order valence-corrected chi connectivity index (χ2v) is 5.91. The van der Waals surface area contributed by atoms with E-state index in [1.807, 2.05) is 6.07 Å². The third kappa shape index (κ3) is 2.57. The number of hydrogen-bond donors (Lipinski definition) is 0. The molecule has 0 unspecified atom stereocenters. The van der Waals surface area contributed by atoms with Gasteiger partial charge in [0.1, 0.15) is 11.9 Å². The number of aromatic nitrogens is 1. The van der Waals surface area contributed by atoms with Crippen LogP contribution >= 0.6 is 0 Å². The summed E-state index contributed by atoms with van der Waals surface area (Å²) in [7, 11) is 2.13. The van der Waals surface area contributed by atoms with Crippen LogP contribution in [0.15, 0.2) is 18.2 Å². The lowest BCUT2D eigenvalue weighted by molar-refractivity contribution is 0.312. The predicted octanol–water partition coefficient (Wildman–Crippen LogP) is 2.48. The quantitative estimate of drug-likeness (QED) is 0.805. The zero-order chi connectivity index (χ0) is 15.0. The molecule has 0 saturated carbocycles. The second kappa shape index (κ2) is 5.34. The van der Waals surface area contributed by atoms with Crippen LogP contribution in [0.5, 0.6) is 0 Å². The molecule has 0 atom stereocenters. The Labute approximate surface area is 125 Å². The molecule has 0 aliphatic carbocycles. The first-order valence-corrected chi connectivity index (χ1v) is 7.34. The summed E-state index contributed by atoms with van der Waals surface area (Å²) in [6.07, 6.45) is 0. The van der Waals surface area contributed by atoms with Gasteiger partial charge in [0.15, 0.2) is 0 Å². The third-order valence-electron chi connectivity index (χ3n) is 4.19. The molecule has 4 heteroatoms. The smallest absolute Gasteiger partial charge is 0.147 e. The van der Waals surface area contributed by atoms with E-state index in [2.05, 4.69) is 48.9 Å². The van der Waals surface area contributed by atoms with Crippen LogP contribution in [0, 0.1) is 25.2 Å². The Morgan fingerprint density at radius 1 is 1.10 bits per heavy atom. The van der Waals surface area contributed by atoms with Gasteiger partial charge in [-0.15, -0.1) is 0 Å². The number of piperazine rings is 1. The largest absolute Gasteiger partial charge is 0.353 e. The van der Waals surface area contributed by atoms with Crippen molar-refractivity contribution in [2.75, 3.05) is 38.1 Å². The van der Waals surface area contributed by atoms with Crippen molar-refractivity contribution >= 4 is 16.7 Å². The predicted molar refractivity (Wildman–Crippen MR) is 85.6 cm³/mol. The first-order valence-electron chi connectivity index (χ1n) is 7.34. The van der Waals surface area contributed by atoms with Gasteiger partial charge in [-0.05, 0) is 44.2 Å². The van der Waals surface area contributed by atoms with Crippen LogP contribution in [0.4, 0.5) is 5.82 Å². The number of fused-ring (bicyclic) bond motifs is 1. The standard InChI is InChI=1S/C17H20N4/c1-12-8-13(2)15-10-14(11-18)17(19-16(15)9-12)21-6-4-20(3)5-7-21/h8-10H,4-7H2,1-3H3. The molecule has 0 radical (unpaired) electrons. The van der Waals surface area contributed by atoms with E-state index in [-0.39, 0.29) is 0 Å². The van der Waals surface area contributed by atoms with Crippen LogP contribution < -0.4 is 4.90 Å². The van der Waals surface area contributed by atoms with E-state index in [0.717, 1.165) is 42.9 Å². The molecule has 1 aliphatic heterocycles. The number of nitriles is 1. The monoisotopic (exact) mass is 280 g/mol. The first-order chi connectivity index (χ1) is 10.1. The zero-order valence-corrected chi connectivity index (χ0v) is 12.8. The lowest BCUT2D eigenvalue weighted by Crippen LogP contribution is -2.45. The van der Waals surface area contributed by atoms with Gasteiger partial charge >= 0.3 is 0 Å². The summed E-state index contributed by atoms with van der Waals surface area (Å²) in [5.41, 5.74) is 4.06. The van der Waals surface area contributed by atoms with E-state index < -0.39 is 0 Å². The average Bonchev–Trinajstić information content (AvgIpc) is 2.47. The van der Waals surface area contributed by atoms with Crippen molar-refractivity contribution in [3.8, 4) is 6.07 Å². The number of aryl methyl sites for hydroxylation is 2. The SMILES string of the molecule is Cc1cc(C)c2cc(C#N)c(N3CCN(C)CC3)nc2c1. The molecule has 0 N–H and O–H groups in total. The summed E-state index contributed by atoms with van der Waals surface area (Å²) >= 11 is 0. The summed E-state index contributed by atoms with van der Waals surface area (Å²) in [5, 5.41) is 10.6. The number of pyridine rings is 1. The molecule has 2 heterocycles. The molecular formula is C17H20N4. The van der Waals surface area contributed by atoms with E-state index in [9.17, 15) is 5.26 Å². The van der Waals surface area contributed by atoms with E-state index in [1.54, 1.807) is 0 Å². The minimum atomic E-state index is 0.680. The Morgan fingerprint density at radius 3 is 2.48 bits per heavy atom. The first kappa shape index (κ1) is 13.8. The van der Waals surface area contributed by atoms with Crippen LogP contribution in [0.1, 0.15) is 16.7 Å². The second-order valence-electron chi connectivity index (χ2n) is 5.91. The Hall–Kier alpha value is -2.12. The molecule has 0 bridgehead atoms. The molecule has 0 spiro atoms. The van der Waals surface area contributed by atoms with E-state index in [4.69, 9.17) is 4.98 Å². The van der Waals surface area contributed by atoms with Gasteiger partial charge in [0.2, 0.25) is 0 Å². The number of anilines is 1. The summed E-state index contributed by atoms with van der Waals surface area (Å²) < 4.78 is 0. The summed E-state index contributed by atoms with van der Waals surface area (Å²) in [6, 6.07) is 8.55. The molecule has 1 aromatic carbocycles. The van der Waals surface area contributed by atoms with E-state index in [1.165, 1.54) is 11.1 Å². The number of hydrogen-bond acceptors (Lipinski definition) is 4. The van der Waals surface area contributed by atoms with Crippen molar-refractivity contribution in [1.29, 1.82) is 5.26 Å². The lowest BCUT2D eigenvalue weighted by atomic mass is 10.0. The Bertz CT molecular complexity index is 722. The van der Waals surface area contributed by atoms with Gasteiger partial charge in [0.05, 0.1) is 11.1 Å². The van der Waals surface area contributed by atoms with Crippen LogP contribution in [-0.4, -0.2) is 43.1 Å². The molecule has 1 fully saturated rings. The van der Waals surface area contributed by atoms with Crippen molar-refractivity contribution in [3.63, 3.8) is 0 Å². The molecule has 1 saturated heterocycles. The Balaban J connectivity index is 2.11. The third-order valence-corrected chi connectivity index (χ3v) is 4.19. The van der Waals surface area contributed by atoms with Crippen molar-refractivity contribution in [2.24, 2.45) is 0 Å². The minimum absolute atomic E-state index is 0.680. The topological polar surface area (TPSA) is 43.2 Å². The van der Waals surface area contributed by atoms with Crippen molar-refractivity contribution in [3.05, 3.63) is 34.9 Å². The number of likely N-dealkylation sites (N-methyl/N-ethyl adjacent to an activating group) is 1. The van der Waals surface area contributed by atoms with Gasteiger partial charge in [-0.25, -0.2) is 4.98 Å². The average molecular weight is 280 g/mol. The van der Waals surface area contributed by atoms with Crippen molar-refractivity contribution < 1.29 is 0 Å². The van der Waals surface area contributed by atoms with Crippen molar-refractivity contribution in [1.82, 2.24) is 9.88 Å². The molecule has 108 valence electrons. The number of benzene rings is 1. The number of nitrogens with zero attached hydrogens (tertiary/aromatic N) is 4. The molecule has 0 amide bonds. The lowest BCUT2D eigenvalue weighted by Gasteiger charge is -2.33. The molecular weight excluding hydrogens is 260 g/mol. The zero-order valence-electron chi connectivity index (χ0n) is 12.8. The molecule has 1 aliphatic rings. The fraction of sp³-hybridized carbons (Fsp3) is 0.412. The van der Waals surface area contributed by atoms with Crippen LogP contribution in [0.2, 0.25) is 0 Å². The van der Waals surface area contributed by atoms with Gasteiger partial charge in [-0.1, -0.05) is 6.07 Å². The van der Waals surface area contributed by atoms with E-state index >= 15 is 0 Å². The van der Waals surface area contributed by atoms with Gasteiger partial charge in [-0.3, -0.25) is 0 Å². The maximum Gasteiger partial charge on any atom is 0.147 e. The minimum Gasteiger partial charge on any atom is -0.353 e. The van der Waals surface area contributed by atoms with Gasteiger partial charge in [-0.2, -0.15) is 5.26 Å². The molecule has 1 aromatic heterocycles. The van der Waals surface area contributed by atoms with E-state index in [0.29, 0.717) is 5.56 Å². The summed E-state index contributed by atoms with van der Waals surface area (Å²) in [5.74, 6) is 0.836. The Morgan fingerprint density at radius 2 is 1.81 bits per heavy atom. The highest BCUT2D eigenvalue weighted by atomic mass is 15.3. The molecule has 21 heavy (non-hydrogen) atoms. The van der Waals surface area contributed by atoms with Crippen molar-refractivity contribution in [2.45, 2.75) is 13.8 Å². The van der Waals surface area contributed by atoms with Crippen LogP contribution in [0.3, 0.4) is 0 Å². The molecule has 2 aromatic rings. The highest BCUT2D eigenvalue weighted by Crippen LogP contribution is 2.26. The number of rotatable bonds is 1. The van der Waals surface area contributed by atoms with Gasteiger partial charge in [0.25, 0.3) is 0 Å². The fourth-order valence-electron chi connectivity index (χ4n) is 2.96. The van der Waals surface area contributed by atoms with Gasteiger partial charge < -0.3 is 9.80 Å². The summed E-state index contributed by atoms with van der Waals surface area (Å²) in [6.45, 7) is 8.04. The fourth-order valence-corrected chi connectivity index (χ4v) is 2.96. The molecule has 3 rings (SSSR count). The van der Waals surface area contributed by atoms with Crippen LogP contribution in [0.25, 0.3) is 10.9 Å². The highest BCUT2D eigenvalue weighted by molar-refractivity contribution is 5.86. The highest BCUT2D eigenvalue weighted by Gasteiger charge is 2.19. The normalized spacial score (nSPS) is 16.2.